The monoisotopic (exact) mass is 442 g/mol. The molecule has 0 spiro atoms. The number of benzene rings is 1. The second kappa shape index (κ2) is 8.05. The van der Waals surface area contributed by atoms with Gasteiger partial charge in [-0.25, -0.2) is 8.42 Å². The predicted octanol–water partition coefficient (Wildman–Crippen LogP) is 1.69. The normalized spacial score (nSPS) is 24.6. The Morgan fingerprint density at radius 1 is 1.06 bits per heavy atom. The number of hydrogen-bond acceptors (Lipinski definition) is 5. The predicted molar refractivity (Wildman–Crippen MR) is 117 cm³/mol. The lowest BCUT2D eigenvalue weighted by atomic mass is 9.90. The molecule has 0 unspecified atom stereocenters. The highest BCUT2D eigenvalue weighted by Crippen LogP contribution is 2.30. The lowest BCUT2D eigenvalue weighted by Gasteiger charge is -2.44. The van der Waals surface area contributed by atoms with Crippen molar-refractivity contribution in [2.24, 2.45) is 4.99 Å². The Morgan fingerprint density at radius 2 is 1.81 bits per heavy atom. The first kappa shape index (κ1) is 21.5. The van der Waals surface area contributed by atoms with E-state index in [0.717, 1.165) is 5.56 Å². The molecule has 1 aromatic rings. The lowest BCUT2D eigenvalue weighted by molar-refractivity contribution is -0.143. The lowest BCUT2D eigenvalue weighted by Crippen LogP contribution is -2.61. The minimum atomic E-state index is -3.63. The van der Waals surface area contributed by atoms with Crippen molar-refractivity contribution in [2.45, 2.75) is 37.1 Å². The van der Waals surface area contributed by atoms with Crippen molar-refractivity contribution < 1.29 is 18.0 Å². The third-order valence-corrected chi connectivity index (χ3v) is 7.88. The molecule has 8 nitrogen and oxygen atoms in total. The molecule has 0 N–H and O–H groups in total. The van der Waals surface area contributed by atoms with Crippen molar-refractivity contribution in [3.8, 4) is 0 Å². The molecule has 3 heterocycles. The van der Waals surface area contributed by atoms with Gasteiger partial charge in [-0.2, -0.15) is 9.30 Å². The Hall–Kier alpha value is -2.78. The van der Waals surface area contributed by atoms with Crippen LogP contribution in [0.25, 0.3) is 0 Å². The van der Waals surface area contributed by atoms with Gasteiger partial charge in [-0.05, 0) is 44.6 Å². The largest absolute Gasteiger partial charge is 0.339 e. The van der Waals surface area contributed by atoms with Crippen molar-refractivity contribution in [3.05, 3.63) is 54.3 Å². The van der Waals surface area contributed by atoms with E-state index in [1.807, 2.05) is 6.92 Å². The van der Waals surface area contributed by atoms with Gasteiger partial charge in [0.05, 0.1) is 11.3 Å². The molecule has 1 saturated heterocycles. The van der Waals surface area contributed by atoms with Crippen molar-refractivity contribution in [3.63, 3.8) is 0 Å². The average Bonchev–Trinajstić information content (AvgIpc) is 3.00. The maximum absolute atomic E-state index is 13.5. The van der Waals surface area contributed by atoms with E-state index in [2.05, 4.69) is 4.99 Å². The molecular weight excluding hydrogens is 416 g/mol. The van der Waals surface area contributed by atoms with Gasteiger partial charge in [-0.15, -0.1) is 0 Å². The molecule has 9 heteroatoms. The molecule has 1 aromatic carbocycles. The number of nitrogens with zero attached hydrogens (tertiary/aromatic N) is 4. The summed E-state index contributed by atoms with van der Waals surface area (Å²) in [5.74, 6) is -0.0729. The van der Waals surface area contributed by atoms with Crippen molar-refractivity contribution >= 4 is 27.7 Å². The molecule has 31 heavy (non-hydrogen) atoms. The molecule has 0 aliphatic carbocycles. The van der Waals surface area contributed by atoms with Crippen LogP contribution in [-0.4, -0.2) is 71.9 Å². The minimum absolute atomic E-state index is 0.0185. The number of amides is 2. The number of hydrogen-bond donors (Lipinski definition) is 0. The standard InChI is InChI=1S/C22H26N4O4S/c1-17-7-9-18(10-8-17)31(29,30)25-12-5-11-24(14-15-25)21(28)22(2)16-20(27)23-19-6-3-4-13-26(19)22/h3-4,6-10,13H,5,11-12,14-16H2,1-2H3/t22-/m0/s1. The highest BCUT2D eigenvalue weighted by atomic mass is 32.2. The zero-order valence-corrected chi connectivity index (χ0v) is 18.5. The van der Waals surface area contributed by atoms with Gasteiger partial charge < -0.3 is 9.80 Å². The van der Waals surface area contributed by atoms with Crippen LogP contribution >= 0.6 is 0 Å². The fourth-order valence-corrected chi connectivity index (χ4v) is 5.67. The molecule has 0 saturated carbocycles. The summed E-state index contributed by atoms with van der Waals surface area (Å²) in [5, 5.41) is 0. The first-order valence-electron chi connectivity index (χ1n) is 10.3. The zero-order valence-electron chi connectivity index (χ0n) is 17.7. The van der Waals surface area contributed by atoms with Gasteiger partial charge in [-0.1, -0.05) is 23.8 Å². The number of fused-ring (bicyclic) bond motifs is 1. The van der Waals surface area contributed by atoms with Crippen LogP contribution in [0.5, 0.6) is 0 Å². The second-order valence-electron chi connectivity index (χ2n) is 8.25. The molecule has 0 aromatic heterocycles. The summed E-state index contributed by atoms with van der Waals surface area (Å²) in [6.07, 6.45) is 7.56. The Balaban J connectivity index is 1.52. The molecule has 0 radical (unpaired) electrons. The quantitative estimate of drug-likeness (QED) is 0.711. The Bertz CT molecular complexity index is 1090. The highest BCUT2D eigenvalue weighted by Gasteiger charge is 2.47. The van der Waals surface area contributed by atoms with Crippen LogP contribution in [0.3, 0.4) is 0 Å². The van der Waals surface area contributed by atoms with Crippen LogP contribution in [0.1, 0.15) is 25.3 Å². The number of sulfonamides is 1. The fraction of sp³-hybridized carbons (Fsp3) is 0.409. The van der Waals surface area contributed by atoms with E-state index >= 15 is 0 Å². The minimum Gasteiger partial charge on any atom is -0.339 e. The molecule has 3 aliphatic rings. The van der Waals surface area contributed by atoms with Gasteiger partial charge in [0.25, 0.3) is 5.91 Å². The topological polar surface area (TPSA) is 90.4 Å². The zero-order chi connectivity index (χ0) is 22.2. The van der Waals surface area contributed by atoms with Gasteiger partial charge in [0, 0.05) is 32.4 Å². The molecule has 1 fully saturated rings. The van der Waals surface area contributed by atoms with Gasteiger partial charge in [0.1, 0.15) is 11.4 Å². The summed E-state index contributed by atoms with van der Waals surface area (Å²) in [6, 6.07) is 6.79. The average molecular weight is 443 g/mol. The maximum atomic E-state index is 13.5. The smallest absolute Gasteiger partial charge is 0.250 e. The van der Waals surface area contributed by atoms with Crippen LogP contribution in [0, 0.1) is 6.92 Å². The summed E-state index contributed by atoms with van der Waals surface area (Å²) < 4.78 is 27.6. The summed E-state index contributed by atoms with van der Waals surface area (Å²) >= 11 is 0. The summed E-state index contributed by atoms with van der Waals surface area (Å²) in [5.41, 5.74) is -0.0909. The maximum Gasteiger partial charge on any atom is 0.250 e. The van der Waals surface area contributed by atoms with Crippen molar-refractivity contribution in [1.29, 1.82) is 0 Å². The SMILES string of the molecule is Cc1ccc(S(=O)(=O)N2CCCN(C(=O)[C@]3(C)CC(=O)N=C4C=CC=CN43)CC2)cc1. The van der Waals surface area contributed by atoms with Gasteiger partial charge in [0.2, 0.25) is 15.9 Å². The first-order chi connectivity index (χ1) is 14.7. The molecular formula is C22H26N4O4S. The van der Waals surface area contributed by atoms with Gasteiger partial charge in [0.15, 0.2) is 0 Å². The Kier molecular flexibility index (Phi) is 5.57. The van der Waals surface area contributed by atoms with E-state index in [-0.39, 0.29) is 36.2 Å². The molecule has 3 aliphatic heterocycles. The van der Waals surface area contributed by atoms with Gasteiger partial charge >= 0.3 is 0 Å². The van der Waals surface area contributed by atoms with Gasteiger partial charge in [-0.3, -0.25) is 9.59 Å². The number of allylic oxidation sites excluding steroid dienone is 2. The second-order valence-corrected chi connectivity index (χ2v) is 10.2. The van der Waals surface area contributed by atoms with E-state index in [4.69, 9.17) is 0 Å². The highest BCUT2D eigenvalue weighted by molar-refractivity contribution is 7.89. The van der Waals surface area contributed by atoms with Crippen molar-refractivity contribution in [1.82, 2.24) is 14.1 Å². The number of carbonyl (C=O) groups excluding carboxylic acids is 2. The molecule has 0 bridgehead atoms. The third-order valence-electron chi connectivity index (χ3n) is 5.97. The third kappa shape index (κ3) is 3.95. The van der Waals surface area contributed by atoms with E-state index in [9.17, 15) is 18.0 Å². The van der Waals surface area contributed by atoms with E-state index in [1.54, 1.807) is 65.4 Å². The van der Waals surface area contributed by atoms with Crippen LogP contribution in [0.4, 0.5) is 0 Å². The first-order valence-corrected chi connectivity index (χ1v) is 11.8. The van der Waals surface area contributed by atoms with E-state index in [1.165, 1.54) is 4.31 Å². The van der Waals surface area contributed by atoms with Crippen LogP contribution in [-0.2, 0) is 19.6 Å². The van der Waals surface area contributed by atoms with Crippen LogP contribution in [0.15, 0.2) is 58.6 Å². The Morgan fingerprint density at radius 3 is 2.55 bits per heavy atom. The Labute approximate surface area is 182 Å². The van der Waals surface area contributed by atoms with Crippen molar-refractivity contribution in [2.75, 3.05) is 26.2 Å². The number of rotatable bonds is 3. The molecule has 1 atom stereocenters. The number of amidine groups is 1. The van der Waals surface area contributed by atoms with E-state index in [0.29, 0.717) is 25.3 Å². The summed E-state index contributed by atoms with van der Waals surface area (Å²) in [4.78, 5) is 33.5. The fourth-order valence-electron chi connectivity index (χ4n) is 4.21. The number of carbonyl (C=O) groups is 2. The molecule has 2 amide bonds. The van der Waals surface area contributed by atoms with Crippen LogP contribution in [0.2, 0.25) is 0 Å². The number of aryl methyl sites for hydroxylation is 1. The molecule has 4 rings (SSSR count). The van der Waals surface area contributed by atoms with Crippen LogP contribution < -0.4 is 0 Å². The number of aliphatic imine (C=N–C) groups is 1. The van der Waals surface area contributed by atoms with E-state index < -0.39 is 15.6 Å². The summed E-state index contributed by atoms with van der Waals surface area (Å²) in [6.45, 7) is 4.91. The summed E-state index contributed by atoms with van der Waals surface area (Å²) in [7, 11) is -3.63. The molecule has 164 valence electrons.